The van der Waals surface area contributed by atoms with Crippen LogP contribution in [0, 0.1) is 0 Å². The van der Waals surface area contributed by atoms with E-state index in [9.17, 15) is 8.78 Å². The highest BCUT2D eigenvalue weighted by molar-refractivity contribution is 5.42. The summed E-state index contributed by atoms with van der Waals surface area (Å²) in [6, 6.07) is 14.0. The Balaban J connectivity index is 2.36. The molecule has 1 atom stereocenters. The normalized spacial score (nSPS) is 12.2. The minimum Gasteiger partial charge on any atom is -0.497 e. The number of methoxy groups -OCH3 is 1. The third-order valence-corrected chi connectivity index (χ3v) is 3.18. The molecule has 0 heterocycles. The maximum Gasteiger partial charge on any atom is 0.387 e. The molecular weight excluding hydrogens is 276 g/mol. The number of hydrogen-bond donors (Lipinski definition) is 1. The molecule has 0 spiro atoms. The van der Waals surface area contributed by atoms with Gasteiger partial charge in [0.2, 0.25) is 0 Å². The number of benzene rings is 2. The molecule has 1 N–H and O–H groups in total. The van der Waals surface area contributed by atoms with Crippen molar-refractivity contribution in [3.63, 3.8) is 0 Å². The molecule has 5 heteroatoms. The summed E-state index contributed by atoms with van der Waals surface area (Å²) in [7, 11) is 3.37. The van der Waals surface area contributed by atoms with Gasteiger partial charge in [-0.1, -0.05) is 30.3 Å². The predicted molar refractivity (Wildman–Crippen MR) is 77.0 cm³/mol. The van der Waals surface area contributed by atoms with Crippen LogP contribution in [0.4, 0.5) is 8.78 Å². The number of alkyl halides is 2. The van der Waals surface area contributed by atoms with Crippen LogP contribution < -0.4 is 14.8 Å². The molecule has 0 amide bonds. The highest BCUT2D eigenvalue weighted by atomic mass is 19.3. The Morgan fingerprint density at radius 1 is 1.00 bits per heavy atom. The van der Waals surface area contributed by atoms with Gasteiger partial charge in [0.05, 0.1) is 13.2 Å². The van der Waals surface area contributed by atoms with E-state index in [1.165, 1.54) is 6.07 Å². The summed E-state index contributed by atoms with van der Waals surface area (Å²) in [6.07, 6.45) is 0. The maximum atomic E-state index is 12.5. The summed E-state index contributed by atoms with van der Waals surface area (Å²) in [4.78, 5) is 0. The van der Waals surface area contributed by atoms with E-state index in [0.717, 1.165) is 11.3 Å². The average molecular weight is 293 g/mol. The lowest BCUT2D eigenvalue weighted by molar-refractivity contribution is -0.0506. The predicted octanol–water partition coefficient (Wildman–Crippen LogP) is 3.61. The van der Waals surface area contributed by atoms with Crippen LogP contribution in [0.3, 0.4) is 0 Å². The van der Waals surface area contributed by atoms with Gasteiger partial charge < -0.3 is 14.8 Å². The Hall–Kier alpha value is -2.14. The highest BCUT2D eigenvalue weighted by Gasteiger charge is 2.18. The molecule has 3 nitrogen and oxygen atoms in total. The van der Waals surface area contributed by atoms with Gasteiger partial charge in [0.25, 0.3) is 0 Å². The smallest absolute Gasteiger partial charge is 0.387 e. The molecule has 0 aliphatic rings. The number of hydrogen-bond acceptors (Lipinski definition) is 3. The molecule has 112 valence electrons. The number of halogens is 2. The summed E-state index contributed by atoms with van der Waals surface area (Å²) in [5.74, 6) is 0.911. The van der Waals surface area contributed by atoms with Gasteiger partial charge in [-0.05, 0) is 30.8 Å². The van der Waals surface area contributed by atoms with E-state index in [1.807, 2.05) is 24.3 Å². The molecular formula is C16H17F2NO2. The van der Waals surface area contributed by atoms with Crippen molar-refractivity contribution >= 4 is 0 Å². The molecule has 0 radical (unpaired) electrons. The first kappa shape index (κ1) is 15.3. The summed E-state index contributed by atoms with van der Waals surface area (Å²) in [5.41, 5.74) is 1.59. The van der Waals surface area contributed by atoms with Gasteiger partial charge in [0, 0.05) is 5.56 Å². The largest absolute Gasteiger partial charge is 0.497 e. The van der Waals surface area contributed by atoms with Crippen LogP contribution in [0.1, 0.15) is 17.2 Å². The zero-order valence-corrected chi connectivity index (χ0v) is 11.8. The van der Waals surface area contributed by atoms with Gasteiger partial charge in [-0.25, -0.2) is 0 Å². The van der Waals surface area contributed by atoms with Crippen molar-refractivity contribution < 1.29 is 18.3 Å². The standard InChI is InChI=1S/C16H17F2NO2/c1-19-15(11-7-9-12(20-2)10-8-11)13-5-3-4-6-14(13)21-16(17)18/h3-10,15-16,19H,1-2H3. The van der Waals surface area contributed by atoms with Gasteiger partial charge in [-0.2, -0.15) is 8.78 Å². The minimum absolute atomic E-state index is 0.169. The second-order valence-corrected chi connectivity index (χ2v) is 4.41. The highest BCUT2D eigenvalue weighted by Crippen LogP contribution is 2.31. The monoisotopic (exact) mass is 293 g/mol. The fourth-order valence-corrected chi connectivity index (χ4v) is 2.22. The van der Waals surface area contributed by atoms with Crippen LogP contribution >= 0.6 is 0 Å². The van der Waals surface area contributed by atoms with Crippen LogP contribution in [0.15, 0.2) is 48.5 Å². The van der Waals surface area contributed by atoms with Gasteiger partial charge in [-0.3, -0.25) is 0 Å². The molecule has 2 aromatic carbocycles. The van der Waals surface area contributed by atoms with Crippen molar-refractivity contribution in [2.45, 2.75) is 12.7 Å². The van der Waals surface area contributed by atoms with E-state index < -0.39 is 6.61 Å². The van der Waals surface area contributed by atoms with Crippen molar-refractivity contribution in [1.82, 2.24) is 5.32 Å². The Morgan fingerprint density at radius 2 is 1.67 bits per heavy atom. The van der Waals surface area contributed by atoms with Crippen LogP contribution in [-0.4, -0.2) is 20.8 Å². The minimum atomic E-state index is -2.85. The fraction of sp³-hybridized carbons (Fsp3) is 0.250. The molecule has 21 heavy (non-hydrogen) atoms. The summed E-state index contributed by atoms with van der Waals surface area (Å²) in [5, 5.41) is 3.12. The molecule has 0 fully saturated rings. The van der Waals surface area contributed by atoms with Crippen LogP contribution in [-0.2, 0) is 0 Å². The second-order valence-electron chi connectivity index (χ2n) is 4.41. The summed E-state index contributed by atoms with van der Waals surface area (Å²) >= 11 is 0. The first-order valence-electron chi connectivity index (χ1n) is 6.50. The third-order valence-electron chi connectivity index (χ3n) is 3.18. The number of para-hydroxylation sites is 1. The topological polar surface area (TPSA) is 30.5 Å². The molecule has 0 aliphatic carbocycles. The van der Waals surface area contributed by atoms with E-state index in [4.69, 9.17) is 4.74 Å². The average Bonchev–Trinajstić information content (AvgIpc) is 2.50. The quantitative estimate of drug-likeness (QED) is 0.882. The number of nitrogens with one attached hydrogen (secondary N) is 1. The SMILES string of the molecule is CNC(c1ccc(OC)cc1)c1ccccc1OC(F)F. The van der Waals surface area contributed by atoms with Crippen molar-refractivity contribution in [3.8, 4) is 11.5 Å². The lowest BCUT2D eigenvalue weighted by atomic mass is 9.98. The lowest BCUT2D eigenvalue weighted by Gasteiger charge is -2.20. The Morgan fingerprint density at radius 3 is 2.24 bits per heavy atom. The zero-order valence-electron chi connectivity index (χ0n) is 11.8. The van der Waals surface area contributed by atoms with Gasteiger partial charge in [0.1, 0.15) is 11.5 Å². The Bertz CT molecular complexity index is 573. The molecule has 2 rings (SSSR count). The van der Waals surface area contributed by atoms with Crippen molar-refractivity contribution in [2.75, 3.05) is 14.2 Å². The Labute approximate surface area is 122 Å². The maximum absolute atomic E-state index is 12.5. The van der Waals surface area contributed by atoms with Gasteiger partial charge >= 0.3 is 6.61 Å². The molecule has 0 saturated heterocycles. The first-order chi connectivity index (χ1) is 10.2. The van der Waals surface area contributed by atoms with E-state index in [1.54, 1.807) is 32.4 Å². The van der Waals surface area contributed by atoms with E-state index in [0.29, 0.717) is 5.56 Å². The summed E-state index contributed by atoms with van der Waals surface area (Å²) < 4.78 is 34.7. The molecule has 0 saturated carbocycles. The zero-order chi connectivity index (χ0) is 15.2. The van der Waals surface area contributed by atoms with Crippen LogP contribution in [0.2, 0.25) is 0 Å². The third kappa shape index (κ3) is 3.70. The van der Waals surface area contributed by atoms with Gasteiger partial charge in [0.15, 0.2) is 0 Å². The number of rotatable bonds is 6. The number of ether oxygens (including phenoxy) is 2. The fourth-order valence-electron chi connectivity index (χ4n) is 2.22. The molecule has 2 aromatic rings. The first-order valence-corrected chi connectivity index (χ1v) is 6.50. The van der Waals surface area contributed by atoms with Crippen LogP contribution in [0.5, 0.6) is 11.5 Å². The molecule has 0 aliphatic heterocycles. The molecule has 1 unspecified atom stereocenters. The summed E-state index contributed by atoms with van der Waals surface area (Å²) in [6.45, 7) is -2.85. The second kappa shape index (κ2) is 7.04. The molecule has 0 aromatic heterocycles. The van der Waals surface area contributed by atoms with Crippen LogP contribution in [0.25, 0.3) is 0 Å². The lowest BCUT2D eigenvalue weighted by Crippen LogP contribution is -2.19. The van der Waals surface area contributed by atoms with Crippen molar-refractivity contribution in [3.05, 3.63) is 59.7 Å². The van der Waals surface area contributed by atoms with Crippen molar-refractivity contribution in [1.29, 1.82) is 0 Å². The Kier molecular flexibility index (Phi) is 5.11. The van der Waals surface area contributed by atoms with Gasteiger partial charge in [-0.15, -0.1) is 0 Å². The van der Waals surface area contributed by atoms with Crippen molar-refractivity contribution in [2.24, 2.45) is 0 Å². The van der Waals surface area contributed by atoms with E-state index in [-0.39, 0.29) is 11.8 Å². The molecule has 0 bridgehead atoms. The van der Waals surface area contributed by atoms with E-state index in [2.05, 4.69) is 10.1 Å². The van der Waals surface area contributed by atoms with E-state index >= 15 is 0 Å².